The number of aromatic nitrogens is 2. The maximum absolute atomic E-state index is 5.61. The molecule has 0 fully saturated rings. The summed E-state index contributed by atoms with van der Waals surface area (Å²) >= 11 is 0. The second-order valence-corrected chi connectivity index (χ2v) is 3.36. The lowest BCUT2D eigenvalue weighted by molar-refractivity contribution is 0.724. The average Bonchev–Trinajstić information content (AvgIpc) is 2.56. The van der Waals surface area contributed by atoms with E-state index >= 15 is 0 Å². The van der Waals surface area contributed by atoms with Gasteiger partial charge < -0.3 is 5.73 Å². The van der Waals surface area contributed by atoms with Crippen molar-refractivity contribution in [3.05, 3.63) is 47.8 Å². The molecule has 72 valence electrons. The summed E-state index contributed by atoms with van der Waals surface area (Å²) in [6.45, 7) is 0. The first-order valence-corrected chi connectivity index (χ1v) is 4.57. The van der Waals surface area contributed by atoms with Gasteiger partial charge in [-0.15, -0.1) is 0 Å². The van der Waals surface area contributed by atoms with Gasteiger partial charge in [0, 0.05) is 31.0 Å². The highest BCUT2D eigenvalue weighted by Crippen LogP contribution is 2.10. The maximum atomic E-state index is 5.61. The van der Waals surface area contributed by atoms with E-state index in [-0.39, 0.29) is 0 Å². The second-order valence-electron chi connectivity index (χ2n) is 3.36. The summed E-state index contributed by atoms with van der Waals surface area (Å²) in [4.78, 5) is 0. The molecule has 2 aromatic rings. The van der Waals surface area contributed by atoms with Crippen LogP contribution in [-0.4, -0.2) is 9.78 Å². The van der Waals surface area contributed by atoms with Gasteiger partial charge in [0.25, 0.3) is 0 Å². The molecule has 0 saturated heterocycles. The van der Waals surface area contributed by atoms with Crippen molar-refractivity contribution in [2.24, 2.45) is 7.05 Å². The van der Waals surface area contributed by atoms with Gasteiger partial charge in [-0.25, -0.2) is 0 Å². The van der Waals surface area contributed by atoms with Gasteiger partial charge in [-0.3, -0.25) is 4.68 Å². The number of rotatable bonds is 2. The van der Waals surface area contributed by atoms with Crippen LogP contribution >= 0.6 is 0 Å². The lowest BCUT2D eigenvalue weighted by atomic mass is 10.1. The summed E-state index contributed by atoms with van der Waals surface area (Å²) in [5.41, 5.74) is 8.87. The fourth-order valence-corrected chi connectivity index (χ4v) is 1.42. The zero-order chi connectivity index (χ0) is 9.97. The molecule has 3 nitrogen and oxygen atoms in total. The van der Waals surface area contributed by atoms with Crippen molar-refractivity contribution >= 4 is 5.69 Å². The van der Waals surface area contributed by atoms with Gasteiger partial charge in [0.2, 0.25) is 0 Å². The van der Waals surface area contributed by atoms with E-state index in [1.165, 1.54) is 11.3 Å². The molecule has 0 radical (unpaired) electrons. The molecule has 1 heterocycles. The normalized spacial score (nSPS) is 10.4. The van der Waals surface area contributed by atoms with E-state index in [4.69, 9.17) is 5.73 Å². The molecule has 0 atom stereocenters. The Morgan fingerprint density at radius 1 is 1.21 bits per heavy atom. The molecule has 1 aromatic heterocycles. The number of nitrogens with two attached hydrogens (primary N) is 1. The molecule has 0 bridgehead atoms. The molecule has 0 aliphatic carbocycles. The van der Waals surface area contributed by atoms with E-state index in [1.807, 2.05) is 48.3 Å². The quantitative estimate of drug-likeness (QED) is 0.725. The highest BCUT2D eigenvalue weighted by Gasteiger charge is 1.99. The largest absolute Gasteiger partial charge is 0.399 e. The third-order valence-corrected chi connectivity index (χ3v) is 2.29. The van der Waals surface area contributed by atoms with Crippen LogP contribution in [0.4, 0.5) is 5.69 Å². The van der Waals surface area contributed by atoms with Crippen LogP contribution in [0.1, 0.15) is 11.3 Å². The van der Waals surface area contributed by atoms with E-state index in [1.54, 1.807) is 0 Å². The fourth-order valence-electron chi connectivity index (χ4n) is 1.42. The highest BCUT2D eigenvalue weighted by atomic mass is 15.2. The summed E-state index contributed by atoms with van der Waals surface area (Å²) in [5, 5.41) is 4.12. The summed E-state index contributed by atoms with van der Waals surface area (Å²) in [6.07, 6.45) is 2.71. The Labute approximate surface area is 83.2 Å². The Hall–Kier alpha value is -1.77. The van der Waals surface area contributed by atoms with Crippen molar-refractivity contribution < 1.29 is 0 Å². The summed E-state index contributed by atoms with van der Waals surface area (Å²) in [5.74, 6) is 0. The fraction of sp³-hybridized carbons (Fsp3) is 0.182. The van der Waals surface area contributed by atoms with Crippen molar-refractivity contribution in [3.63, 3.8) is 0 Å². The first-order valence-electron chi connectivity index (χ1n) is 4.57. The summed E-state index contributed by atoms with van der Waals surface area (Å²) in [6, 6.07) is 9.96. The SMILES string of the molecule is Cn1nccc1Cc1ccc(N)cc1. The van der Waals surface area contributed by atoms with Crippen molar-refractivity contribution in [2.75, 3.05) is 5.73 Å². The predicted molar refractivity (Wildman–Crippen MR) is 56.9 cm³/mol. The van der Waals surface area contributed by atoms with Crippen molar-refractivity contribution in [1.29, 1.82) is 0 Å². The van der Waals surface area contributed by atoms with Crippen LogP contribution in [0.15, 0.2) is 36.5 Å². The molecule has 0 aliphatic rings. The molecule has 0 saturated carbocycles. The van der Waals surface area contributed by atoms with Gasteiger partial charge in [-0.1, -0.05) is 12.1 Å². The molecule has 0 amide bonds. The summed E-state index contributed by atoms with van der Waals surface area (Å²) in [7, 11) is 1.95. The van der Waals surface area contributed by atoms with Gasteiger partial charge in [-0.2, -0.15) is 5.10 Å². The van der Waals surface area contributed by atoms with Gasteiger partial charge in [-0.05, 0) is 23.8 Å². The third-order valence-electron chi connectivity index (χ3n) is 2.29. The number of aryl methyl sites for hydroxylation is 1. The molecular formula is C11H13N3. The molecule has 2 rings (SSSR count). The number of hydrogen-bond donors (Lipinski definition) is 1. The Balaban J connectivity index is 2.19. The highest BCUT2D eigenvalue weighted by molar-refractivity contribution is 5.40. The monoisotopic (exact) mass is 187 g/mol. The second kappa shape index (κ2) is 3.54. The predicted octanol–water partition coefficient (Wildman–Crippen LogP) is 1.59. The van der Waals surface area contributed by atoms with Crippen LogP contribution < -0.4 is 5.73 Å². The molecule has 0 spiro atoms. The Bertz CT molecular complexity index is 414. The van der Waals surface area contributed by atoms with Crippen LogP contribution in [0.2, 0.25) is 0 Å². The Morgan fingerprint density at radius 3 is 2.50 bits per heavy atom. The van der Waals surface area contributed by atoms with Crippen molar-refractivity contribution in [1.82, 2.24) is 9.78 Å². The molecule has 0 aliphatic heterocycles. The minimum atomic E-state index is 0.804. The standard InChI is InChI=1S/C11H13N3/c1-14-11(6-7-13-14)8-9-2-4-10(12)5-3-9/h2-7H,8,12H2,1H3. The van der Waals surface area contributed by atoms with Crippen LogP contribution in [0.25, 0.3) is 0 Å². The minimum absolute atomic E-state index is 0.804. The van der Waals surface area contributed by atoms with Crippen molar-refractivity contribution in [3.8, 4) is 0 Å². The number of nitrogens with zero attached hydrogens (tertiary/aromatic N) is 2. The molecular weight excluding hydrogens is 174 g/mol. The Morgan fingerprint density at radius 2 is 1.93 bits per heavy atom. The van der Waals surface area contributed by atoms with Crippen LogP contribution in [0.5, 0.6) is 0 Å². The zero-order valence-electron chi connectivity index (χ0n) is 8.14. The van der Waals surface area contributed by atoms with Crippen LogP contribution in [0.3, 0.4) is 0 Å². The maximum Gasteiger partial charge on any atom is 0.0492 e. The zero-order valence-corrected chi connectivity index (χ0v) is 8.14. The van der Waals surface area contributed by atoms with Gasteiger partial charge in [0.15, 0.2) is 0 Å². The third kappa shape index (κ3) is 1.76. The van der Waals surface area contributed by atoms with E-state index < -0.39 is 0 Å². The van der Waals surface area contributed by atoms with E-state index in [9.17, 15) is 0 Å². The molecule has 0 unspecified atom stereocenters. The molecule has 2 N–H and O–H groups in total. The first-order chi connectivity index (χ1) is 6.75. The number of nitrogen functional groups attached to an aromatic ring is 1. The van der Waals surface area contributed by atoms with Gasteiger partial charge in [0.05, 0.1) is 0 Å². The van der Waals surface area contributed by atoms with Crippen LogP contribution in [-0.2, 0) is 13.5 Å². The average molecular weight is 187 g/mol. The summed E-state index contributed by atoms with van der Waals surface area (Å²) < 4.78 is 1.89. The topological polar surface area (TPSA) is 43.8 Å². The molecule has 14 heavy (non-hydrogen) atoms. The smallest absolute Gasteiger partial charge is 0.0492 e. The lowest BCUT2D eigenvalue weighted by Gasteiger charge is -2.02. The first kappa shape index (κ1) is 8.81. The van der Waals surface area contributed by atoms with Crippen LogP contribution in [0, 0.1) is 0 Å². The van der Waals surface area contributed by atoms with Gasteiger partial charge >= 0.3 is 0 Å². The van der Waals surface area contributed by atoms with E-state index in [2.05, 4.69) is 5.10 Å². The minimum Gasteiger partial charge on any atom is -0.399 e. The van der Waals surface area contributed by atoms with Gasteiger partial charge in [0.1, 0.15) is 0 Å². The number of benzene rings is 1. The number of hydrogen-bond acceptors (Lipinski definition) is 2. The van der Waals surface area contributed by atoms with E-state index in [0.29, 0.717) is 0 Å². The molecule has 3 heteroatoms. The number of anilines is 1. The Kier molecular flexibility index (Phi) is 2.23. The molecule has 1 aromatic carbocycles. The van der Waals surface area contributed by atoms with Crippen molar-refractivity contribution in [2.45, 2.75) is 6.42 Å². The lowest BCUT2D eigenvalue weighted by Crippen LogP contribution is -1.99. The van der Waals surface area contributed by atoms with E-state index in [0.717, 1.165) is 12.1 Å².